The second-order valence-corrected chi connectivity index (χ2v) is 7.44. The van der Waals surface area contributed by atoms with Crippen LogP contribution in [0.4, 0.5) is 5.82 Å². The van der Waals surface area contributed by atoms with Gasteiger partial charge in [0.2, 0.25) is 11.8 Å². The van der Waals surface area contributed by atoms with Crippen LogP contribution in [0.5, 0.6) is 0 Å². The Morgan fingerprint density at radius 1 is 1.28 bits per heavy atom. The van der Waals surface area contributed by atoms with Gasteiger partial charge in [0.05, 0.1) is 5.69 Å². The summed E-state index contributed by atoms with van der Waals surface area (Å²) in [6, 6.07) is 2.19. The summed E-state index contributed by atoms with van der Waals surface area (Å²) < 4.78 is 0. The quantitative estimate of drug-likeness (QED) is 0.828. The van der Waals surface area contributed by atoms with E-state index in [-0.39, 0.29) is 17.7 Å². The number of nitrogens with zero attached hydrogens (tertiary/aromatic N) is 3. The van der Waals surface area contributed by atoms with Crippen molar-refractivity contribution in [1.82, 2.24) is 20.8 Å². The standard InChI is InChI=1S/C18H25N5O2/c24-17-8-14(5-6-19-17)18(25)20-9-12-10-23(11-12)16-7-13-3-1-2-4-15(13)21-22-16/h7,12,14H,1-6,8-11H2,(H,19,24)(H,20,25). The van der Waals surface area contributed by atoms with Gasteiger partial charge in [-0.3, -0.25) is 9.59 Å². The van der Waals surface area contributed by atoms with E-state index in [1.165, 1.54) is 18.4 Å². The molecule has 1 atom stereocenters. The Morgan fingerprint density at radius 3 is 2.96 bits per heavy atom. The van der Waals surface area contributed by atoms with E-state index in [4.69, 9.17) is 0 Å². The Hall–Kier alpha value is -2.18. The lowest BCUT2D eigenvalue weighted by Crippen LogP contribution is -2.53. The first-order valence-corrected chi connectivity index (χ1v) is 9.34. The zero-order valence-corrected chi connectivity index (χ0v) is 14.5. The smallest absolute Gasteiger partial charge is 0.223 e. The molecule has 7 heteroatoms. The number of hydrogen-bond donors (Lipinski definition) is 2. The first kappa shape index (κ1) is 16.3. The fourth-order valence-corrected chi connectivity index (χ4v) is 3.92. The van der Waals surface area contributed by atoms with Crippen molar-refractivity contribution in [3.8, 4) is 0 Å². The lowest BCUT2D eigenvalue weighted by molar-refractivity contribution is -0.132. The van der Waals surface area contributed by atoms with Crippen LogP contribution >= 0.6 is 0 Å². The lowest BCUT2D eigenvalue weighted by Gasteiger charge is -2.40. The first-order chi connectivity index (χ1) is 12.2. The molecule has 25 heavy (non-hydrogen) atoms. The van der Waals surface area contributed by atoms with E-state index in [0.29, 0.717) is 25.4 Å². The third kappa shape index (κ3) is 3.60. The summed E-state index contributed by atoms with van der Waals surface area (Å²) in [5.74, 6) is 1.23. The van der Waals surface area contributed by atoms with Gasteiger partial charge in [0.15, 0.2) is 5.82 Å². The number of aryl methyl sites for hydroxylation is 2. The Labute approximate surface area is 147 Å². The highest BCUT2D eigenvalue weighted by Gasteiger charge is 2.31. The number of carbonyl (C=O) groups is 2. The number of carbonyl (C=O) groups excluding carboxylic acids is 2. The minimum absolute atomic E-state index is 0.0156. The van der Waals surface area contributed by atoms with E-state index < -0.39 is 0 Å². The first-order valence-electron chi connectivity index (χ1n) is 9.34. The van der Waals surface area contributed by atoms with Gasteiger partial charge in [-0.05, 0) is 43.7 Å². The Bertz CT molecular complexity index is 671. The van der Waals surface area contributed by atoms with Crippen molar-refractivity contribution in [3.63, 3.8) is 0 Å². The minimum atomic E-state index is -0.170. The fraction of sp³-hybridized carbons (Fsp3) is 0.667. The molecule has 1 aliphatic carbocycles. The van der Waals surface area contributed by atoms with Crippen molar-refractivity contribution in [1.29, 1.82) is 0 Å². The van der Waals surface area contributed by atoms with Crippen molar-refractivity contribution in [3.05, 3.63) is 17.3 Å². The average Bonchev–Trinajstić information content (AvgIpc) is 2.60. The molecule has 1 aromatic heterocycles. The van der Waals surface area contributed by atoms with Crippen molar-refractivity contribution in [2.75, 3.05) is 31.1 Å². The molecular weight excluding hydrogens is 318 g/mol. The third-order valence-electron chi connectivity index (χ3n) is 5.52. The molecule has 0 saturated carbocycles. The molecule has 3 heterocycles. The highest BCUT2D eigenvalue weighted by Crippen LogP contribution is 2.26. The molecule has 2 N–H and O–H groups in total. The molecule has 0 aromatic carbocycles. The average molecular weight is 343 g/mol. The SMILES string of the molecule is O=C1CC(C(=O)NCC2CN(c3cc4c(nn3)CCCC4)C2)CCN1. The van der Waals surface area contributed by atoms with Crippen LogP contribution in [-0.4, -0.2) is 48.2 Å². The van der Waals surface area contributed by atoms with Crippen LogP contribution in [0.25, 0.3) is 0 Å². The second-order valence-electron chi connectivity index (χ2n) is 7.44. The predicted octanol–water partition coefficient (Wildman–Crippen LogP) is 0.434. The largest absolute Gasteiger partial charge is 0.356 e. The molecule has 3 aliphatic rings. The lowest BCUT2D eigenvalue weighted by atomic mass is 9.94. The molecule has 1 aromatic rings. The predicted molar refractivity (Wildman–Crippen MR) is 93.1 cm³/mol. The normalized spacial score (nSPS) is 23.4. The van der Waals surface area contributed by atoms with Crippen molar-refractivity contribution < 1.29 is 9.59 Å². The van der Waals surface area contributed by atoms with Gasteiger partial charge in [0.25, 0.3) is 0 Å². The van der Waals surface area contributed by atoms with Gasteiger partial charge in [-0.15, -0.1) is 5.10 Å². The number of rotatable bonds is 4. The van der Waals surface area contributed by atoms with Gasteiger partial charge in [-0.1, -0.05) is 0 Å². The van der Waals surface area contributed by atoms with Gasteiger partial charge < -0.3 is 15.5 Å². The summed E-state index contributed by atoms with van der Waals surface area (Å²) in [6.07, 6.45) is 5.67. The Balaban J connectivity index is 1.24. The summed E-state index contributed by atoms with van der Waals surface area (Å²) in [6.45, 7) is 3.08. The van der Waals surface area contributed by atoms with Gasteiger partial charge in [-0.2, -0.15) is 5.10 Å². The van der Waals surface area contributed by atoms with Gasteiger partial charge >= 0.3 is 0 Å². The van der Waals surface area contributed by atoms with E-state index >= 15 is 0 Å². The molecule has 0 bridgehead atoms. The van der Waals surface area contributed by atoms with Crippen LogP contribution in [0.15, 0.2) is 6.07 Å². The van der Waals surface area contributed by atoms with Crippen LogP contribution in [0.2, 0.25) is 0 Å². The highest BCUT2D eigenvalue weighted by atomic mass is 16.2. The molecule has 134 valence electrons. The summed E-state index contributed by atoms with van der Waals surface area (Å²) in [7, 11) is 0. The molecule has 2 aliphatic heterocycles. The van der Waals surface area contributed by atoms with Crippen LogP contribution in [0.1, 0.15) is 36.9 Å². The monoisotopic (exact) mass is 343 g/mol. The fourth-order valence-electron chi connectivity index (χ4n) is 3.92. The second kappa shape index (κ2) is 6.98. The molecule has 0 spiro atoms. The highest BCUT2D eigenvalue weighted by molar-refractivity contribution is 5.86. The maximum Gasteiger partial charge on any atom is 0.223 e. The molecular formula is C18H25N5O2. The van der Waals surface area contributed by atoms with Crippen LogP contribution in [0.3, 0.4) is 0 Å². The molecule has 4 rings (SSSR count). The van der Waals surface area contributed by atoms with Gasteiger partial charge in [0.1, 0.15) is 0 Å². The number of anilines is 1. The topological polar surface area (TPSA) is 87.2 Å². The van der Waals surface area contributed by atoms with Crippen LogP contribution < -0.4 is 15.5 Å². The van der Waals surface area contributed by atoms with Crippen molar-refractivity contribution >= 4 is 17.6 Å². The van der Waals surface area contributed by atoms with E-state index in [0.717, 1.165) is 43.9 Å². The molecule has 0 radical (unpaired) electrons. The van der Waals surface area contributed by atoms with E-state index in [1.54, 1.807) is 0 Å². The zero-order valence-electron chi connectivity index (χ0n) is 14.5. The minimum Gasteiger partial charge on any atom is -0.356 e. The molecule has 7 nitrogen and oxygen atoms in total. The van der Waals surface area contributed by atoms with Gasteiger partial charge in [-0.25, -0.2) is 0 Å². The number of piperidine rings is 1. The Morgan fingerprint density at radius 2 is 2.12 bits per heavy atom. The van der Waals surface area contributed by atoms with E-state index in [9.17, 15) is 9.59 Å². The number of amides is 2. The summed E-state index contributed by atoms with van der Waals surface area (Å²) in [5, 5.41) is 14.5. The van der Waals surface area contributed by atoms with Crippen molar-refractivity contribution in [2.24, 2.45) is 11.8 Å². The van der Waals surface area contributed by atoms with Crippen LogP contribution in [-0.2, 0) is 22.4 Å². The van der Waals surface area contributed by atoms with E-state index in [2.05, 4.69) is 31.8 Å². The summed E-state index contributed by atoms with van der Waals surface area (Å²) in [4.78, 5) is 25.8. The number of aromatic nitrogens is 2. The summed E-state index contributed by atoms with van der Waals surface area (Å²) in [5.41, 5.74) is 2.51. The van der Waals surface area contributed by atoms with Crippen LogP contribution in [0, 0.1) is 11.8 Å². The third-order valence-corrected chi connectivity index (χ3v) is 5.52. The summed E-state index contributed by atoms with van der Waals surface area (Å²) >= 11 is 0. The molecule has 1 unspecified atom stereocenters. The van der Waals surface area contributed by atoms with Gasteiger partial charge in [0, 0.05) is 44.4 Å². The molecule has 2 amide bonds. The maximum absolute atomic E-state index is 12.2. The molecule has 2 saturated heterocycles. The Kier molecular flexibility index (Phi) is 4.55. The molecule has 2 fully saturated rings. The zero-order chi connectivity index (χ0) is 17.2. The number of fused-ring (bicyclic) bond motifs is 1. The van der Waals surface area contributed by atoms with E-state index in [1.807, 2.05) is 0 Å². The number of nitrogens with one attached hydrogen (secondary N) is 2. The number of hydrogen-bond acceptors (Lipinski definition) is 5. The van der Waals surface area contributed by atoms with Crippen molar-refractivity contribution in [2.45, 2.75) is 38.5 Å². The maximum atomic E-state index is 12.2.